The van der Waals surface area contributed by atoms with Gasteiger partial charge in [0.25, 0.3) is 0 Å². The number of nitrogens with one attached hydrogen (secondary N) is 2. The van der Waals surface area contributed by atoms with E-state index in [-0.39, 0.29) is 30.3 Å². The number of aromatic nitrogens is 3. The smallest absolute Gasteiger partial charge is 0.237 e. The highest BCUT2D eigenvalue weighted by molar-refractivity contribution is 5.84. The second-order valence-corrected chi connectivity index (χ2v) is 8.45. The molecule has 2 amide bonds. The van der Waals surface area contributed by atoms with Crippen molar-refractivity contribution < 1.29 is 14.7 Å². The molecule has 0 radical (unpaired) electrons. The van der Waals surface area contributed by atoms with Crippen LogP contribution in [0.2, 0.25) is 0 Å². The Kier molecular flexibility index (Phi) is 5.53. The van der Waals surface area contributed by atoms with Crippen LogP contribution in [-0.2, 0) is 15.2 Å². The van der Waals surface area contributed by atoms with Crippen molar-refractivity contribution in [2.45, 2.75) is 82.0 Å². The molecule has 2 fully saturated rings. The Morgan fingerprint density at radius 1 is 1.41 bits per heavy atom. The van der Waals surface area contributed by atoms with Crippen molar-refractivity contribution >= 4 is 11.8 Å². The first-order chi connectivity index (χ1) is 12.7. The minimum Gasteiger partial charge on any atom is -0.384 e. The maximum absolute atomic E-state index is 12.9. The monoisotopic (exact) mass is 378 g/mol. The lowest BCUT2D eigenvalue weighted by Crippen LogP contribution is -2.55. The minimum atomic E-state index is -1.06. The molecule has 0 spiro atoms. The number of rotatable bonds is 6. The van der Waals surface area contributed by atoms with E-state index in [0.717, 1.165) is 32.1 Å². The number of amides is 2. The Balaban J connectivity index is 1.67. The van der Waals surface area contributed by atoms with E-state index >= 15 is 0 Å². The first kappa shape index (κ1) is 19.8. The number of carbonyl (C=O) groups is 2. The SMILES string of the molecule is CC(C)(O)c1cnnn1[C@@H]1CN[C@H](C(=O)NC2(CC(N)=O)CCCCC2)C1. The average molecular weight is 378 g/mol. The van der Waals surface area contributed by atoms with E-state index in [4.69, 9.17) is 5.73 Å². The van der Waals surface area contributed by atoms with Gasteiger partial charge in [0, 0.05) is 18.5 Å². The van der Waals surface area contributed by atoms with Gasteiger partial charge in [0.1, 0.15) is 5.60 Å². The lowest BCUT2D eigenvalue weighted by atomic mass is 9.79. The molecule has 9 nitrogen and oxygen atoms in total. The molecular weight excluding hydrogens is 348 g/mol. The third-order valence-electron chi connectivity index (χ3n) is 5.68. The summed E-state index contributed by atoms with van der Waals surface area (Å²) in [6, 6.07) is -0.441. The molecule has 2 aliphatic rings. The van der Waals surface area contributed by atoms with Gasteiger partial charge < -0.3 is 21.5 Å². The summed E-state index contributed by atoms with van der Waals surface area (Å²) in [4.78, 5) is 24.4. The number of hydrogen-bond donors (Lipinski definition) is 4. The standard InChI is InChI=1S/C18H30N6O3/c1-17(2,27)14-11-21-23-24(14)12-8-13(20-10-12)16(26)22-18(9-15(19)25)6-4-3-5-7-18/h11-13,20,27H,3-10H2,1-2H3,(H2,19,25)(H,22,26)/t12-,13-/m0/s1. The summed E-state index contributed by atoms with van der Waals surface area (Å²) in [7, 11) is 0. The summed E-state index contributed by atoms with van der Waals surface area (Å²) < 4.78 is 1.69. The van der Waals surface area contributed by atoms with E-state index < -0.39 is 11.1 Å². The van der Waals surface area contributed by atoms with Crippen LogP contribution in [0.3, 0.4) is 0 Å². The Morgan fingerprint density at radius 3 is 2.74 bits per heavy atom. The van der Waals surface area contributed by atoms with E-state index in [1.807, 2.05) is 0 Å². The molecule has 3 rings (SSSR count). The number of hydrogen-bond acceptors (Lipinski definition) is 6. The number of aliphatic hydroxyl groups is 1. The Labute approximate surface area is 159 Å². The van der Waals surface area contributed by atoms with Crippen molar-refractivity contribution in [1.29, 1.82) is 0 Å². The minimum absolute atomic E-state index is 0.0666. The Morgan fingerprint density at radius 2 is 2.11 bits per heavy atom. The van der Waals surface area contributed by atoms with Crippen LogP contribution in [0.1, 0.15) is 70.5 Å². The summed E-state index contributed by atoms with van der Waals surface area (Å²) >= 11 is 0. The predicted molar refractivity (Wildman–Crippen MR) is 98.5 cm³/mol. The normalized spacial score (nSPS) is 25.3. The van der Waals surface area contributed by atoms with Crippen molar-refractivity contribution in [1.82, 2.24) is 25.6 Å². The van der Waals surface area contributed by atoms with Crippen molar-refractivity contribution in [2.24, 2.45) is 5.73 Å². The average Bonchev–Trinajstić information content (AvgIpc) is 3.23. The van der Waals surface area contributed by atoms with Gasteiger partial charge in [-0.3, -0.25) is 9.59 Å². The van der Waals surface area contributed by atoms with Crippen LogP contribution in [-0.4, -0.2) is 50.0 Å². The van der Waals surface area contributed by atoms with E-state index in [9.17, 15) is 14.7 Å². The Hall–Kier alpha value is -2.00. The molecular formula is C18H30N6O3. The second-order valence-electron chi connectivity index (χ2n) is 8.45. The summed E-state index contributed by atoms with van der Waals surface area (Å²) in [5.74, 6) is -0.488. The van der Waals surface area contributed by atoms with Crippen LogP contribution in [0.25, 0.3) is 0 Å². The van der Waals surface area contributed by atoms with Crippen molar-refractivity contribution in [3.63, 3.8) is 0 Å². The molecule has 1 aliphatic heterocycles. The third-order valence-corrected chi connectivity index (χ3v) is 5.68. The molecule has 2 heterocycles. The lowest BCUT2D eigenvalue weighted by molar-refractivity contribution is -0.126. The molecule has 9 heteroatoms. The van der Waals surface area contributed by atoms with Crippen molar-refractivity contribution in [3.8, 4) is 0 Å². The molecule has 0 aromatic carbocycles. The fourth-order valence-electron chi connectivity index (χ4n) is 4.31. The van der Waals surface area contributed by atoms with Crippen LogP contribution in [0.15, 0.2) is 6.20 Å². The quantitative estimate of drug-likeness (QED) is 0.555. The van der Waals surface area contributed by atoms with Crippen molar-refractivity contribution in [2.75, 3.05) is 6.54 Å². The summed E-state index contributed by atoms with van der Waals surface area (Å²) in [5, 5.41) is 24.7. The van der Waals surface area contributed by atoms with Gasteiger partial charge in [0.15, 0.2) is 0 Å². The Bertz CT molecular complexity index is 690. The zero-order valence-corrected chi connectivity index (χ0v) is 16.1. The van der Waals surface area contributed by atoms with Gasteiger partial charge in [-0.1, -0.05) is 24.5 Å². The van der Waals surface area contributed by atoms with Crippen LogP contribution < -0.4 is 16.4 Å². The third kappa shape index (κ3) is 4.47. The molecule has 150 valence electrons. The summed E-state index contributed by atoms with van der Waals surface area (Å²) in [6.07, 6.45) is 6.94. The lowest BCUT2D eigenvalue weighted by Gasteiger charge is -2.38. The first-order valence-electron chi connectivity index (χ1n) is 9.67. The summed E-state index contributed by atoms with van der Waals surface area (Å²) in [5.41, 5.74) is 4.47. The molecule has 0 bridgehead atoms. The molecule has 1 saturated heterocycles. The van der Waals surface area contributed by atoms with Gasteiger partial charge >= 0.3 is 0 Å². The molecule has 27 heavy (non-hydrogen) atoms. The van der Waals surface area contributed by atoms with Crippen molar-refractivity contribution in [3.05, 3.63) is 11.9 Å². The van der Waals surface area contributed by atoms with Crippen LogP contribution in [0.4, 0.5) is 0 Å². The van der Waals surface area contributed by atoms with Crippen LogP contribution in [0, 0.1) is 0 Å². The fourth-order valence-corrected chi connectivity index (χ4v) is 4.31. The van der Waals surface area contributed by atoms with Crippen LogP contribution in [0.5, 0.6) is 0 Å². The maximum atomic E-state index is 12.9. The number of nitrogens with zero attached hydrogens (tertiary/aromatic N) is 3. The van der Waals surface area contributed by atoms with E-state index in [1.165, 1.54) is 0 Å². The van der Waals surface area contributed by atoms with Gasteiger partial charge in [0.05, 0.1) is 24.0 Å². The molecule has 1 aromatic rings. The maximum Gasteiger partial charge on any atom is 0.237 e. The molecule has 5 N–H and O–H groups in total. The molecule has 1 aromatic heterocycles. The zero-order valence-electron chi connectivity index (χ0n) is 16.1. The largest absolute Gasteiger partial charge is 0.384 e. The molecule has 1 aliphatic carbocycles. The van der Waals surface area contributed by atoms with Gasteiger partial charge in [-0.25, -0.2) is 4.68 Å². The van der Waals surface area contributed by atoms with Gasteiger partial charge in [0.2, 0.25) is 11.8 Å². The number of nitrogens with two attached hydrogens (primary N) is 1. The van der Waals surface area contributed by atoms with E-state index in [1.54, 1.807) is 24.7 Å². The molecule has 1 saturated carbocycles. The topological polar surface area (TPSA) is 135 Å². The van der Waals surface area contributed by atoms with Gasteiger partial charge in [-0.2, -0.15) is 0 Å². The van der Waals surface area contributed by atoms with Gasteiger partial charge in [-0.15, -0.1) is 5.10 Å². The highest BCUT2D eigenvalue weighted by Crippen LogP contribution is 2.32. The number of carbonyl (C=O) groups excluding carboxylic acids is 2. The molecule has 0 unspecified atom stereocenters. The highest BCUT2D eigenvalue weighted by atomic mass is 16.3. The van der Waals surface area contributed by atoms with E-state index in [2.05, 4.69) is 20.9 Å². The fraction of sp³-hybridized carbons (Fsp3) is 0.778. The van der Waals surface area contributed by atoms with E-state index in [0.29, 0.717) is 18.7 Å². The first-order valence-corrected chi connectivity index (χ1v) is 9.67. The molecule has 2 atom stereocenters. The predicted octanol–water partition coefficient (Wildman–Crippen LogP) is 0.103. The summed E-state index contributed by atoms with van der Waals surface area (Å²) in [6.45, 7) is 3.93. The highest BCUT2D eigenvalue weighted by Gasteiger charge is 2.39. The zero-order chi connectivity index (χ0) is 19.7. The van der Waals surface area contributed by atoms with Gasteiger partial charge in [-0.05, 0) is 33.1 Å². The second kappa shape index (κ2) is 7.55. The number of primary amides is 1. The van der Waals surface area contributed by atoms with Crippen LogP contribution >= 0.6 is 0 Å².